The van der Waals surface area contributed by atoms with Crippen molar-refractivity contribution < 1.29 is 9.53 Å². The van der Waals surface area contributed by atoms with Gasteiger partial charge in [0, 0.05) is 13.1 Å². The molecule has 146 valence electrons. The number of tetrazole rings is 1. The Balaban J connectivity index is 2.09. The maximum atomic E-state index is 12.8. The number of carbonyl (C=O) groups excluding carboxylic acids is 1. The number of anilines is 1. The van der Waals surface area contributed by atoms with Crippen molar-refractivity contribution in [1.29, 1.82) is 0 Å². The van der Waals surface area contributed by atoms with E-state index in [4.69, 9.17) is 16.3 Å². The van der Waals surface area contributed by atoms with Gasteiger partial charge < -0.3 is 4.74 Å². The molecule has 1 aromatic carbocycles. The Labute approximate surface area is 165 Å². The minimum Gasteiger partial charge on any atom is -0.497 e. The number of halogens is 1. The van der Waals surface area contributed by atoms with Crippen LogP contribution in [0.5, 0.6) is 5.75 Å². The Morgan fingerprint density at radius 3 is 2.46 bits per heavy atom. The number of aromatic nitrogens is 6. The maximum absolute atomic E-state index is 12.8. The summed E-state index contributed by atoms with van der Waals surface area (Å²) in [6, 6.07) is 6.80. The van der Waals surface area contributed by atoms with Crippen LogP contribution in [0, 0.1) is 0 Å². The Kier molecular flexibility index (Phi) is 5.69. The molecule has 2 heterocycles. The van der Waals surface area contributed by atoms with E-state index < -0.39 is 11.5 Å². The first kappa shape index (κ1) is 19.5. The van der Waals surface area contributed by atoms with Crippen molar-refractivity contribution in [3.05, 3.63) is 45.3 Å². The van der Waals surface area contributed by atoms with Gasteiger partial charge >= 0.3 is 0 Å². The molecule has 10 nitrogen and oxygen atoms in total. The molecule has 0 radical (unpaired) electrons. The van der Waals surface area contributed by atoms with Crippen LogP contribution in [0.4, 0.5) is 5.95 Å². The molecule has 0 fully saturated rings. The van der Waals surface area contributed by atoms with E-state index in [1.807, 2.05) is 6.92 Å². The van der Waals surface area contributed by atoms with E-state index in [0.717, 1.165) is 0 Å². The van der Waals surface area contributed by atoms with Crippen LogP contribution >= 0.6 is 11.6 Å². The van der Waals surface area contributed by atoms with Gasteiger partial charge in [0.25, 0.3) is 11.5 Å². The van der Waals surface area contributed by atoms with Crippen LogP contribution in [0.3, 0.4) is 0 Å². The minimum atomic E-state index is -0.619. The average molecular weight is 404 g/mol. The molecule has 11 heteroatoms. The standard InChI is InChI=1S/C17H18ClN7O3/c1-4-24-16(27)12(10-6-8-11(28-3)9-7-10)13(18)14(21-24)15(26)19-17-20-22-23-25(17)5-2/h6-9H,4-5H2,1-3H3,(H,19,20,23,26). The van der Waals surface area contributed by atoms with Crippen molar-refractivity contribution in [2.45, 2.75) is 26.9 Å². The summed E-state index contributed by atoms with van der Waals surface area (Å²) in [5, 5.41) is 17.7. The summed E-state index contributed by atoms with van der Waals surface area (Å²) < 4.78 is 7.73. The van der Waals surface area contributed by atoms with E-state index in [-0.39, 0.29) is 28.8 Å². The van der Waals surface area contributed by atoms with Crippen molar-refractivity contribution >= 4 is 23.5 Å². The molecular formula is C17H18ClN7O3. The van der Waals surface area contributed by atoms with Crippen LogP contribution in [0.2, 0.25) is 5.02 Å². The summed E-state index contributed by atoms with van der Waals surface area (Å²) >= 11 is 6.43. The van der Waals surface area contributed by atoms with Gasteiger partial charge in [0.15, 0.2) is 5.69 Å². The van der Waals surface area contributed by atoms with Gasteiger partial charge in [-0.2, -0.15) is 5.10 Å². The molecule has 3 rings (SSSR count). The van der Waals surface area contributed by atoms with Gasteiger partial charge in [0.2, 0.25) is 5.95 Å². The van der Waals surface area contributed by atoms with E-state index >= 15 is 0 Å². The number of benzene rings is 1. The number of aryl methyl sites for hydroxylation is 2. The van der Waals surface area contributed by atoms with Crippen LogP contribution in [-0.4, -0.2) is 43.0 Å². The Hall–Kier alpha value is -3.27. The molecule has 1 amide bonds. The van der Waals surface area contributed by atoms with Gasteiger partial charge in [-0.15, -0.1) is 0 Å². The lowest BCUT2D eigenvalue weighted by Crippen LogP contribution is -2.29. The number of rotatable bonds is 6. The molecule has 0 saturated heterocycles. The summed E-state index contributed by atoms with van der Waals surface area (Å²) in [4.78, 5) is 25.5. The first-order valence-corrected chi connectivity index (χ1v) is 8.90. The highest BCUT2D eigenvalue weighted by Crippen LogP contribution is 2.28. The zero-order valence-corrected chi connectivity index (χ0v) is 16.3. The van der Waals surface area contributed by atoms with Crippen LogP contribution in [-0.2, 0) is 13.1 Å². The second-order valence-electron chi connectivity index (χ2n) is 5.66. The smallest absolute Gasteiger partial charge is 0.280 e. The maximum Gasteiger partial charge on any atom is 0.280 e. The fourth-order valence-corrected chi connectivity index (χ4v) is 2.90. The third-order valence-electron chi connectivity index (χ3n) is 4.05. The van der Waals surface area contributed by atoms with Crippen molar-refractivity contribution in [2.24, 2.45) is 0 Å². The largest absolute Gasteiger partial charge is 0.497 e. The van der Waals surface area contributed by atoms with E-state index in [1.165, 1.54) is 9.36 Å². The lowest BCUT2D eigenvalue weighted by molar-refractivity contribution is 0.101. The summed E-state index contributed by atoms with van der Waals surface area (Å²) in [7, 11) is 1.55. The number of hydrogen-bond donors (Lipinski definition) is 1. The first-order valence-electron chi connectivity index (χ1n) is 8.52. The molecule has 0 aliphatic carbocycles. The van der Waals surface area contributed by atoms with Crippen molar-refractivity contribution in [3.63, 3.8) is 0 Å². The lowest BCUT2D eigenvalue weighted by atomic mass is 10.1. The van der Waals surface area contributed by atoms with Gasteiger partial charge in [-0.3, -0.25) is 14.9 Å². The highest BCUT2D eigenvalue weighted by molar-refractivity contribution is 6.36. The Morgan fingerprint density at radius 1 is 1.18 bits per heavy atom. The fraction of sp³-hybridized carbons (Fsp3) is 0.294. The van der Waals surface area contributed by atoms with Crippen LogP contribution < -0.4 is 15.6 Å². The Bertz CT molecular complexity index is 1060. The summed E-state index contributed by atoms with van der Waals surface area (Å²) in [5.74, 6) is 0.172. The van der Waals surface area contributed by atoms with Crippen molar-refractivity contribution in [2.75, 3.05) is 12.4 Å². The first-order chi connectivity index (χ1) is 13.5. The zero-order valence-electron chi connectivity index (χ0n) is 15.5. The summed E-state index contributed by atoms with van der Waals surface area (Å²) in [6.07, 6.45) is 0. The molecule has 1 N–H and O–H groups in total. The topological polar surface area (TPSA) is 117 Å². The number of hydrogen-bond acceptors (Lipinski definition) is 7. The second kappa shape index (κ2) is 8.17. The lowest BCUT2D eigenvalue weighted by Gasteiger charge is -2.12. The van der Waals surface area contributed by atoms with Gasteiger partial charge in [-0.25, -0.2) is 9.36 Å². The number of carbonyl (C=O) groups is 1. The van der Waals surface area contributed by atoms with E-state index in [1.54, 1.807) is 38.3 Å². The van der Waals surface area contributed by atoms with E-state index in [9.17, 15) is 9.59 Å². The quantitative estimate of drug-likeness (QED) is 0.667. The SMILES string of the molecule is CCn1nnnc1NC(=O)c1nn(CC)c(=O)c(-c2ccc(OC)cc2)c1Cl. The molecule has 0 aliphatic rings. The third kappa shape index (κ3) is 3.58. The van der Waals surface area contributed by atoms with Gasteiger partial charge in [0.05, 0.1) is 17.7 Å². The fourth-order valence-electron chi connectivity index (χ4n) is 2.59. The molecule has 0 saturated carbocycles. The number of nitrogens with one attached hydrogen (secondary N) is 1. The number of nitrogens with zero attached hydrogens (tertiary/aromatic N) is 6. The summed E-state index contributed by atoms with van der Waals surface area (Å²) in [6.45, 7) is 4.32. The van der Waals surface area contributed by atoms with Gasteiger partial charge in [-0.1, -0.05) is 28.8 Å². The summed E-state index contributed by atoms with van der Waals surface area (Å²) in [5.41, 5.74) is 0.237. The molecule has 0 spiro atoms. The van der Waals surface area contributed by atoms with E-state index in [2.05, 4.69) is 25.9 Å². The number of amides is 1. The average Bonchev–Trinajstić information content (AvgIpc) is 3.15. The predicted molar refractivity (Wildman–Crippen MR) is 103 cm³/mol. The molecular weight excluding hydrogens is 386 g/mol. The van der Waals surface area contributed by atoms with Crippen molar-refractivity contribution in [3.8, 4) is 16.9 Å². The molecule has 0 atom stereocenters. The monoisotopic (exact) mass is 403 g/mol. The minimum absolute atomic E-state index is 0.0483. The van der Waals surface area contributed by atoms with Crippen molar-refractivity contribution in [1.82, 2.24) is 30.0 Å². The number of ether oxygens (including phenoxy) is 1. The van der Waals surface area contributed by atoms with Gasteiger partial charge in [0.1, 0.15) is 5.75 Å². The van der Waals surface area contributed by atoms with Crippen LogP contribution in [0.15, 0.2) is 29.1 Å². The third-order valence-corrected chi connectivity index (χ3v) is 4.41. The molecule has 0 unspecified atom stereocenters. The predicted octanol–water partition coefficient (Wildman–Crippen LogP) is 1.85. The molecule has 0 bridgehead atoms. The highest BCUT2D eigenvalue weighted by Gasteiger charge is 2.23. The molecule has 28 heavy (non-hydrogen) atoms. The molecule has 2 aromatic heterocycles. The zero-order chi connectivity index (χ0) is 20.3. The van der Waals surface area contributed by atoms with Gasteiger partial charge in [-0.05, 0) is 42.0 Å². The normalized spacial score (nSPS) is 10.7. The Morgan fingerprint density at radius 2 is 1.86 bits per heavy atom. The molecule has 0 aliphatic heterocycles. The molecule has 3 aromatic rings. The van der Waals surface area contributed by atoms with Crippen LogP contribution in [0.25, 0.3) is 11.1 Å². The second-order valence-corrected chi connectivity index (χ2v) is 6.04. The highest BCUT2D eigenvalue weighted by atomic mass is 35.5. The van der Waals surface area contributed by atoms with Crippen LogP contribution in [0.1, 0.15) is 24.3 Å². The van der Waals surface area contributed by atoms with E-state index in [0.29, 0.717) is 17.9 Å². The number of methoxy groups -OCH3 is 1.